The van der Waals surface area contributed by atoms with Gasteiger partial charge in [0.05, 0.1) is 0 Å². The van der Waals surface area contributed by atoms with Crippen LogP contribution in [0.4, 0.5) is 4.39 Å². The Balaban J connectivity index is 2.92. The van der Waals surface area contributed by atoms with Crippen molar-refractivity contribution in [3.8, 4) is 5.75 Å². The summed E-state index contributed by atoms with van der Waals surface area (Å²) >= 11 is 0. The van der Waals surface area contributed by atoms with Gasteiger partial charge in [-0.3, -0.25) is 0 Å². The van der Waals surface area contributed by atoms with Crippen LogP contribution in [0.2, 0.25) is 0 Å². The molecule has 0 aromatic heterocycles. The van der Waals surface area contributed by atoms with Crippen molar-refractivity contribution < 1.29 is 19.1 Å². The molecule has 0 heterocycles. The second-order valence-electron chi connectivity index (χ2n) is 2.31. The first-order chi connectivity index (χ1) is 5.61. The molecule has 0 unspecified atom stereocenters. The SMILES string of the molecule is Cc1c(F)cccc1OB(O)O. The summed E-state index contributed by atoms with van der Waals surface area (Å²) in [7, 11) is -1.91. The lowest BCUT2D eigenvalue weighted by Crippen LogP contribution is -2.21. The van der Waals surface area contributed by atoms with E-state index in [1.165, 1.54) is 25.1 Å². The van der Waals surface area contributed by atoms with Crippen molar-refractivity contribution in [2.75, 3.05) is 0 Å². The highest BCUT2D eigenvalue weighted by Crippen LogP contribution is 2.19. The Morgan fingerprint density at radius 1 is 1.42 bits per heavy atom. The predicted molar refractivity (Wildman–Crippen MR) is 42.0 cm³/mol. The topological polar surface area (TPSA) is 49.7 Å². The molecule has 0 atom stereocenters. The molecule has 12 heavy (non-hydrogen) atoms. The second-order valence-corrected chi connectivity index (χ2v) is 2.31. The Morgan fingerprint density at radius 3 is 2.67 bits per heavy atom. The molecular formula is C7H8BFO3. The van der Waals surface area contributed by atoms with Gasteiger partial charge in [-0.15, -0.1) is 0 Å². The molecule has 3 nitrogen and oxygen atoms in total. The normalized spacial score (nSPS) is 9.67. The third-order valence-electron chi connectivity index (χ3n) is 1.45. The highest BCUT2D eigenvalue weighted by molar-refractivity contribution is 6.33. The van der Waals surface area contributed by atoms with Crippen LogP contribution in [-0.2, 0) is 0 Å². The summed E-state index contributed by atoms with van der Waals surface area (Å²) in [6, 6.07) is 4.16. The molecular weight excluding hydrogens is 162 g/mol. The van der Waals surface area contributed by atoms with Crippen LogP contribution in [0.3, 0.4) is 0 Å². The minimum Gasteiger partial charge on any atom is -0.512 e. The molecule has 0 radical (unpaired) electrons. The predicted octanol–water partition coefficient (Wildman–Crippen LogP) is 0.482. The number of hydrogen-bond acceptors (Lipinski definition) is 3. The molecule has 1 aromatic rings. The molecule has 0 bridgehead atoms. The maximum absolute atomic E-state index is 12.8. The lowest BCUT2D eigenvalue weighted by Gasteiger charge is -2.07. The zero-order valence-corrected chi connectivity index (χ0v) is 6.49. The van der Waals surface area contributed by atoms with Crippen LogP contribution in [0, 0.1) is 12.7 Å². The van der Waals surface area contributed by atoms with E-state index in [-0.39, 0.29) is 11.3 Å². The molecule has 0 aliphatic rings. The minimum atomic E-state index is -1.91. The Morgan fingerprint density at radius 2 is 2.08 bits per heavy atom. The molecule has 0 fully saturated rings. The number of rotatable bonds is 2. The smallest absolute Gasteiger partial charge is 0.512 e. The Bertz CT molecular complexity index is 277. The summed E-state index contributed by atoms with van der Waals surface area (Å²) < 4.78 is 17.3. The van der Waals surface area contributed by atoms with Crippen molar-refractivity contribution in [3.63, 3.8) is 0 Å². The lowest BCUT2D eigenvalue weighted by molar-refractivity contribution is 0.286. The van der Waals surface area contributed by atoms with Crippen LogP contribution in [0.25, 0.3) is 0 Å². The van der Waals surface area contributed by atoms with Crippen LogP contribution >= 0.6 is 0 Å². The van der Waals surface area contributed by atoms with Crippen LogP contribution in [0.5, 0.6) is 5.75 Å². The molecule has 0 spiro atoms. The maximum Gasteiger partial charge on any atom is 0.707 e. The van der Waals surface area contributed by atoms with Gasteiger partial charge in [-0.05, 0) is 19.1 Å². The fourth-order valence-electron chi connectivity index (χ4n) is 0.829. The van der Waals surface area contributed by atoms with Gasteiger partial charge < -0.3 is 14.7 Å². The van der Waals surface area contributed by atoms with E-state index in [0.29, 0.717) is 0 Å². The molecule has 0 aliphatic carbocycles. The van der Waals surface area contributed by atoms with Crippen molar-refractivity contribution in [3.05, 3.63) is 29.6 Å². The largest absolute Gasteiger partial charge is 0.707 e. The molecule has 64 valence electrons. The molecule has 1 rings (SSSR count). The highest BCUT2D eigenvalue weighted by atomic mass is 19.1. The zero-order chi connectivity index (χ0) is 9.14. The van der Waals surface area contributed by atoms with Crippen molar-refractivity contribution >= 4 is 7.32 Å². The van der Waals surface area contributed by atoms with Crippen molar-refractivity contribution in [2.45, 2.75) is 6.92 Å². The molecule has 0 saturated carbocycles. The standard InChI is InChI=1S/C7H8BFO3/c1-5-6(9)3-2-4-7(5)12-8(10)11/h2-4,10-11H,1H3. The van der Waals surface area contributed by atoms with Crippen molar-refractivity contribution in [1.82, 2.24) is 0 Å². The second kappa shape index (κ2) is 3.56. The van der Waals surface area contributed by atoms with Gasteiger partial charge in [0.1, 0.15) is 11.6 Å². The van der Waals surface area contributed by atoms with Gasteiger partial charge in [0.25, 0.3) is 0 Å². The van der Waals surface area contributed by atoms with E-state index in [4.69, 9.17) is 10.0 Å². The lowest BCUT2D eigenvalue weighted by atomic mass is 10.2. The first-order valence-electron chi connectivity index (χ1n) is 3.39. The molecule has 5 heteroatoms. The van der Waals surface area contributed by atoms with Crippen molar-refractivity contribution in [1.29, 1.82) is 0 Å². The van der Waals surface area contributed by atoms with Gasteiger partial charge in [0.2, 0.25) is 0 Å². The third-order valence-corrected chi connectivity index (χ3v) is 1.45. The minimum absolute atomic E-state index is 0.130. The summed E-state index contributed by atoms with van der Waals surface area (Å²) in [5.74, 6) is -0.307. The van der Waals surface area contributed by atoms with E-state index in [1.807, 2.05) is 0 Å². The van der Waals surface area contributed by atoms with Crippen molar-refractivity contribution in [2.24, 2.45) is 0 Å². The molecule has 0 amide bonds. The van der Waals surface area contributed by atoms with E-state index in [0.717, 1.165) is 0 Å². The van der Waals surface area contributed by atoms with E-state index < -0.39 is 13.1 Å². The van der Waals surface area contributed by atoms with Gasteiger partial charge >= 0.3 is 7.32 Å². The Labute approximate surface area is 69.6 Å². The highest BCUT2D eigenvalue weighted by Gasteiger charge is 2.13. The first kappa shape index (κ1) is 9.03. The average molecular weight is 170 g/mol. The summed E-state index contributed by atoms with van der Waals surface area (Å²) in [5, 5.41) is 16.9. The number of halogens is 1. The molecule has 0 saturated heterocycles. The Hall–Kier alpha value is -1.07. The van der Waals surface area contributed by atoms with Crippen LogP contribution < -0.4 is 4.65 Å². The maximum atomic E-state index is 12.8. The molecule has 1 aromatic carbocycles. The van der Waals surface area contributed by atoms with Gasteiger partial charge in [-0.2, -0.15) is 0 Å². The van der Waals surface area contributed by atoms with E-state index in [9.17, 15) is 4.39 Å². The number of hydrogen-bond donors (Lipinski definition) is 2. The summed E-state index contributed by atoms with van der Waals surface area (Å²) in [6.45, 7) is 1.49. The van der Waals surface area contributed by atoms with E-state index in [2.05, 4.69) is 4.65 Å². The van der Waals surface area contributed by atoms with Gasteiger partial charge in [-0.1, -0.05) is 6.07 Å². The number of benzene rings is 1. The van der Waals surface area contributed by atoms with Crippen LogP contribution in [-0.4, -0.2) is 17.4 Å². The summed E-state index contributed by atoms with van der Waals surface area (Å²) in [6.07, 6.45) is 0. The quantitative estimate of drug-likeness (QED) is 0.634. The van der Waals surface area contributed by atoms with Crippen LogP contribution in [0.1, 0.15) is 5.56 Å². The molecule has 0 aliphatic heterocycles. The summed E-state index contributed by atoms with van der Waals surface area (Å²) in [5.41, 5.74) is 0.255. The van der Waals surface area contributed by atoms with Crippen LogP contribution in [0.15, 0.2) is 18.2 Å². The van der Waals surface area contributed by atoms with Gasteiger partial charge in [0, 0.05) is 5.56 Å². The fraction of sp³-hybridized carbons (Fsp3) is 0.143. The van der Waals surface area contributed by atoms with E-state index in [1.54, 1.807) is 0 Å². The monoisotopic (exact) mass is 170 g/mol. The molecule has 2 N–H and O–H groups in total. The van der Waals surface area contributed by atoms with Gasteiger partial charge in [0.15, 0.2) is 0 Å². The Kier molecular flexibility index (Phi) is 2.67. The van der Waals surface area contributed by atoms with E-state index >= 15 is 0 Å². The zero-order valence-electron chi connectivity index (χ0n) is 6.49. The van der Waals surface area contributed by atoms with Gasteiger partial charge in [-0.25, -0.2) is 4.39 Å². The fourth-order valence-corrected chi connectivity index (χ4v) is 0.829. The average Bonchev–Trinajstić information content (AvgIpc) is 1.98. The third kappa shape index (κ3) is 1.96. The summed E-state index contributed by atoms with van der Waals surface area (Å²) in [4.78, 5) is 0. The first-order valence-corrected chi connectivity index (χ1v) is 3.39.